The zero-order valence-electron chi connectivity index (χ0n) is 17.8. The van der Waals surface area contributed by atoms with E-state index in [1.807, 2.05) is 12.1 Å². The number of likely N-dealkylation sites (tertiary alicyclic amines) is 1. The van der Waals surface area contributed by atoms with Gasteiger partial charge in [0.05, 0.1) is 6.04 Å². The molecule has 1 heterocycles. The van der Waals surface area contributed by atoms with Gasteiger partial charge in [0.2, 0.25) is 5.91 Å². The average molecular weight is 446 g/mol. The predicted octanol–water partition coefficient (Wildman–Crippen LogP) is 4.13. The average Bonchev–Trinajstić information content (AvgIpc) is 2.80. The van der Waals surface area contributed by atoms with Crippen molar-refractivity contribution < 1.29 is 18.4 Å². The van der Waals surface area contributed by atoms with E-state index in [4.69, 9.17) is 20.5 Å². The third-order valence-electron chi connectivity index (χ3n) is 5.36. The summed E-state index contributed by atoms with van der Waals surface area (Å²) >= 11 is 0. The Balaban J connectivity index is 1.87. The Morgan fingerprint density at radius 3 is 2.13 bits per heavy atom. The molecule has 0 aliphatic carbocycles. The van der Waals surface area contributed by atoms with E-state index < -0.39 is 19.4 Å². The van der Waals surface area contributed by atoms with Crippen LogP contribution in [0.15, 0.2) is 60.7 Å². The van der Waals surface area contributed by atoms with Crippen LogP contribution in [0.4, 0.5) is 0 Å². The number of unbranched alkanes of at least 4 members (excludes halogenated alkanes) is 1. The molecule has 1 aliphatic heterocycles. The van der Waals surface area contributed by atoms with Gasteiger partial charge in [0.1, 0.15) is 11.5 Å². The summed E-state index contributed by atoms with van der Waals surface area (Å²) in [4.78, 5) is 14.8. The van der Waals surface area contributed by atoms with Crippen molar-refractivity contribution in [1.82, 2.24) is 4.90 Å². The summed E-state index contributed by atoms with van der Waals surface area (Å²) < 4.78 is 26.2. The van der Waals surface area contributed by atoms with Crippen LogP contribution in [0.3, 0.4) is 0 Å². The van der Waals surface area contributed by atoms with E-state index in [2.05, 4.69) is 0 Å². The third-order valence-corrected chi connectivity index (χ3v) is 7.55. The standard InChI is InChI=1S/C23H32N3O4P/c24-17-9-7-15-21(25)23(27)26-18-10-8-16-22(26)31(28,29-19-11-3-1-4-12-19)30-20-13-5-2-6-14-20/h1-6,11-14,21-22H,7-10,15-18,24-25H2/t21-,22-/m0/s1. The van der Waals surface area contributed by atoms with E-state index in [1.165, 1.54) is 0 Å². The van der Waals surface area contributed by atoms with Gasteiger partial charge in [0.15, 0.2) is 5.78 Å². The quantitative estimate of drug-likeness (QED) is 0.421. The van der Waals surface area contributed by atoms with Gasteiger partial charge in [-0.25, -0.2) is 4.57 Å². The second-order valence-corrected chi connectivity index (χ2v) is 9.79. The van der Waals surface area contributed by atoms with Crippen LogP contribution in [-0.2, 0) is 9.36 Å². The Hall–Kier alpha value is -2.34. The number of para-hydroxylation sites is 2. The molecule has 0 spiro atoms. The van der Waals surface area contributed by atoms with E-state index >= 15 is 0 Å². The Labute approximate surface area is 184 Å². The number of carbonyl (C=O) groups excluding carboxylic acids is 1. The first-order valence-corrected chi connectivity index (χ1v) is 12.5. The van der Waals surface area contributed by atoms with E-state index in [0.717, 1.165) is 25.7 Å². The molecular weight excluding hydrogens is 413 g/mol. The number of hydrogen-bond donors (Lipinski definition) is 2. The van der Waals surface area contributed by atoms with Crippen molar-refractivity contribution in [2.75, 3.05) is 13.1 Å². The molecule has 0 unspecified atom stereocenters. The van der Waals surface area contributed by atoms with Crippen LogP contribution < -0.4 is 20.5 Å². The molecular formula is C23H32N3O4P. The van der Waals surface area contributed by atoms with Gasteiger partial charge in [-0.3, -0.25) is 4.79 Å². The number of benzene rings is 2. The number of rotatable bonds is 10. The van der Waals surface area contributed by atoms with Gasteiger partial charge in [-0.1, -0.05) is 42.8 Å². The van der Waals surface area contributed by atoms with E-state index in [-0.39, 0.29) is 5.91 Å². The topological polar surface area (TPSA) is 108 Å². The lowest BCUT2D eigenvalue weighted by Crippen LogP contribution is -2.51. The lowest BCUT2D eigenvalue weighted by Gasteiger charge is -2.39. The minimum atomic E-state index is -3.79. The van der Waals surface area contributed by atoms with Crippen molar-refractivity contribution in [3.63, 3.8) is 0 Å². The number of hydrogen-bond acceptors (Lipinski definition) is 6. The first-order valence-electron chi connectivity index (χ1n) is 10.9. The van der Waals surface area contributed by atoms with Crippen molar-refractivity contribution in [3.8, 4) is 11.5 Å². The summed E-state index contributed by atoms with van der Waals surface area (Å²) in [5.41, 5.74) is 11.7. The largest absolute Gasteiger partial charge is 0.453 e. The molecule has 168 valence electrons. The van der Waals surface area contributed by atoms with Crippen LogP contribution in [0, 0.1) is 0 Å². The Bertz CT molecular complexity index is 820. The zero-order valence-corrected chi connectivity index (χ0v) is 18.7. The van der Waals surface area contributed by atoms with Crippen LogP contribution in [0.25, 0.3) is 0 Å². The van der Waals surface area contributed by atoms with Gasteiger partial charge in [0.25, 0.3) is 0 Å². The highest BCUT2D eigenvalue weighted by Crippen LogP contribution is 2.56. The van der Waals surface area contributed by atoms with Crippen LogP contribution in [-0.4, -0.2) is 35.7 Å². The van der Waals surface area contributed by atoms with Crippen LogP contribution >= 0.6 is 7.60 Å². The van der Waals surface area contributed by atoms with Crippen LogP contribution in [0.1, 0.15) is 38.5 Å². The van der Waals surface area contributed by atoms with Crippen LogP contribution in [0.2, 0.25) is 0 Å². The normalized spacial score (nSPS) is 17.7. The molecule has 2 atom stereocenters. The summed E-state index contributed by atoms with van der Waals surface area (Å²) in [6.45, 7) is 1.05. The first kappa shape index (κ1) is 23.3. The van der Waals surface area contributed by atoms with Crippen LogP contribution in [0.5, 0.6) is 11.5 Å². The summed E-state index contributed by atoms with van der Waals surface area (Å²) in [5.74, 6) is -0.0380. The van der Waals surface area contributed by atoms with Crippen molar-refractivity contribution in [3.05, 3.63) is 60.7 Å². The SMILES string of the molecule is NCCCC[C@H](N)C(=O)N1CCCC[C@@H]1P(=O)(Oc1ccccc1)Oc1ccccc1. The molecule has 1 aliphatic rings. The number of piperidine rings is 1. The molecule has 1 amide bonds. The number of nitrogens with zero attached hydrogens (tertiary/aromatic N) is 1. The molecule has 3 rings (SSSR count). The highest BCUT2D eigenvalue weighted by molar-refractivity contribution is 7.55. The summed E-state index contributed by atoms with van der Waals surface area (Å²) in [7, 11) is -3.79. The monoisotopic (exact) mass is 445 g/mol. The summed E-state index contributed by atoms with van der Waals surface area (Å²) in [6, 6.07) is 17.2. The zero-order chi connectivity index (χ0) is 22.1. The molecule has 8 heteroatoms. The number of amides is 1. The molecule has 31 heavy (non-hydrogen) atoms. The Morgan fingerprint density at radius 1 is 1.00 bits per heavy atom. The molecule has 0 radical (unpaired) electrons. The molecule has 1 saturated heterocycles. The lowest BCUT2D eigenvalue weighted by atomic mass is 10.1. The van der Waals surface area contributed by atoms with Crippen molar-refractivity contribution >= 4 is 13.5 Å². The fraction of sp³-hybridized carbons (Fsp3) is 0.435. The van der Waals surface area contributed by atoms with E-state index in [1.54, 1.807) is 53.4 Å². The molecule has 0 saturated carbocycles. The fourth-order valence-corrected chi connectivity index (χ4v) is 5.92. The highest BCUT2D eigenvalue weighted by atomic mass is 31.2. The second kappa shape index (κ2) is 11.3. The molecule has 7 nitrogen and oxygen atoms in total. The van der Waals surface area contributed by atoms with Gasteiger partial charge in [-0.15, -0.1) is 0 Å². The maximum absolute atomic E-state index is 14.2. The van der Waals surface area contributed by atoms with E-state index in [9.17, 15) is 9.36 Å². The van der Waals surface area contributed by atoms with Crippen molar-refractivity contribution in [2.45, 2.75) is 50.3 Å². The summed E-state index contributed by atoms with van der Waals surface area (Å²) in [5, 5.41) is 0. The van der Waals surface area contributed by atoms with Crippen molar-refractivity contribution in [2.24, 2.45) is 11.5 Å². The van der Waals surface area contributed by atoms with Gasteiger partial charge in [-0.2, -0.15) is 0 Å². The Morgan fingerprint density at radius 2 is 1.58 bits per heavy atom. The van der Waals surface area contributed by atoms with E-state index in [0.29, 0.717) is 37.4 Å². The molecule has 4 N–H and O–H groups in total. The molecule has 2 aromatic rings. The smallest absolute Gasteiger partial charge is 0.415 e. The van der Waals surface area contributed by atoms with Crippen molar-refractivity contribution in [1.29, 1.82) is 0 Å². The van der Waals surface area contributed by atoms with Gasteiger partial charge in [-0.05, 0) is 62.9 Å². The Kier molecular flexibility index (Phi) is 8.52. The predicted molar refractivity (Wildman–Crippen MR) is 122 cm³/mol. The lowest BCUT2D eigenvalue weighted by molar-refractivity contribution is -0.135. The molecule has 1 fully saturated rings. The minimum absolute atomic E-state index is 0.213. The third kappa shape index (κ3) is 6.33. The van der Waals surface area contributed by atoms with Gasteiger partial charge < -0.3 is 25.4 Å². The number of nitrogens with two attached hydrogens (primary N) is 2. The number of carbonyl (C=O) groups is 1. The highest BCUT2D eigenvalue weighted by Gasteiger charge is 2.46. The first-order chi connectivity index (χ1) is 15.0. The maximum Gasteiger partial charge on any atom is 0.453 e. The molecule has 2 aromatic carbocycles. The van der Waals surface area contributed by atoms with Gasteiger partial charge in [0, 0.05) is 6.54 Å². The maximum atomic E-state index is 14.2. The minimum Gasteiger partial charge on any atom is -0.415 e. The molecule has 0 bridgehead atoms. The second-order valence-electron chi connectivity index (χ2n) is 7.75. The van der Waals surface area contributed by atoms with Gasteiger partial charge >= 0.3 is 7.60 Å². The summed E-state index contributed by atoms with van der Waals surface area (Å²) in [6.07, 6.45) is 4.32. The molecule has 0 aromatic heterocycles. The fourth-order valence-electron chi connectivity index (χ4n) is 3.74.